The van der Waals surface area contributed by atoms with E-state index in [1.54, 1.807) is 20.3 Å². The Morgan fingerprint density at radius 1 is 1.03 bits per heavy atom. The highest BCUT2D eigenvalue weighted by Crippen LogP contribution is 2.38. The van der Waals surface area contributed by atoms with Crippen molar-refractivity contribution < 1.29 is 28.8 Å². The predicted octanol–water partition coefficient (Wildman–Crippen LogP) is 4.93. The molecule has 0 aromatic heterocycles. The van der Waals surface area contributed by atoms with Crippen LogP contribution < -0.4 is 18.9 Å². The van der Waals surface area contributed by atoms with E-state index >= 15 is 0 Å². The number of hydrogen-bond donors (Lipinski definition) is 1. The van der Waals surface area contributed by atoms with E-state index in [-0.39, 0.29) is 11.6 Å². The monoisotopic (exact) mass is 498 g/mol. The summed E-state index contributed by atoms with van der Waals surface area (Å²) in [5.74, 6) is 1.14. The van der Waals surface area contributed by atoms with Crippen molar-refractivity contribution in [1.29, 1.82) is 5.26 Å². The number of likely N-dealkylation sites (N-methyl/N-ethyl adjacent to an activating group) is 1. The van der Waals surface area contributed by atoms with E-state index in [4.69, 9.17) is 18.9 Å². The Hall–Kier alpha value is -3.44. The van der Waals surface area contributed by atoms with E-state index in [0.29, 0.717) is 54.4 Å². The second kappa shape index (κ2) is 13.0. The summed E-state index contributed by atoms with van der Waals surface area (Å²) in [6.07, 6.45) is 2.68. The molecule has 1 unspecified atom stereocenters. The molecule has 1 N–H and O–H groups in total. The molecule has 8 heteroatoms. The molecule has 2 aromatic carbocycles. The molecule has 0 saturated heterocycles. The Balaban J connectivity index is 2.14. The lowest BCUT2D eigenvalue weighted by molar-refractivity contribution is 0.0695. The van der Waals surface area contributed by atoms with E-state index in [2.05, 4.69) is 17.9 Å². The van der Waals surface area contributed by atoms with E-state index in [9.17, 15) is 15.2 Å². The largest absolute Gasteiger partial charge is 0.493 e. The van der Waals surface area contributed by atoms with Crippen LogP contribution in [0.25, 0.3) is 0 Å². The molecule has 0 radical (unpaired) electrons. The highest BCUT2D eigenvalue weighted by atomic mass is 16.5. The van der Waals surface area contributed by atoms with Gasteiger partial charge in [0, 0.05) is 12.6 Å². The third-order valence-corrected chi connectivity index (χ3v) is 7.07. The molecule has 2 aromatic rings. The number of carbonyl (C=O) groups is 1. The summed E-state index contributed by atoms with van der Waals surface area (Å²) < 4.78 is 21.4. The molecule has 0 heterocycles. The van der Waals surface area contributed by atoms with E-state index in [1.807, 2.05) is 32.2 Å². The number of methoxy groups -OCH3 is 4. The molecule has 0 amide bonds. The summed E-state index contributed by atoms with van der Waals surface area (Å²) in [7, 11) is 8.21. The van der Waals surface area contributed by atoms with Crippen molar-refractivity contribution in [3.63, 3.8) is 0 Å². The van der Waals surface area contributed by atoms with Gasteiger partial charge in [-0.15, -0.1) is 0 Å². The molecular weight excluding hydrogens is 460 g/mol. The Bertz CT molecular complexity index is 1080. The molecule has 196 valence electrons. The zero-order valence-corrected chi connectivity index (χ0v) is 22.4. The van der Waals surface area contributed by atoms with Gasteiger partial charge >= 0.3 is 5.97 Å². The van der Waals surface area contributed by atoms with Crippen molar-refractivity contribution in [3.05, 3.63) is 47.0 Å². The lowest BCUT2D eigenvalue weighted by Gasteiger charge is -2.31. The number of nitriles is 1. The normalized spacial score (nSPS) is 13.4. The second-order valence-electron chi connectivity index (χ2n) is 8.91. The molecule has 0 fully saturated rings. The van der Waals surface area contributed by atoms with Crippen molar-refractivity contribution in [2.24, 2.45) is 0 Å². The van der Waals surface area contributed by atoms with Gasteiger partial charge in [-0.25, -0.2) is 4.79 Å². The number of ether oxygens (including phenoxy) is 4. The van der Waals surface area contributed by atoms with Gasteiger partial charge in [0.05, 0.1) is 45.5 Å². The average Bonchev–Trinajstić information content (AvgIpc) is 2.91. The Morgan fingerprint density at radius 2 is 1.61 bits per heavy atom. The van der Waals surface area contributed by atoms with Gasteiger partial charge in [0.15, 0.2) is 23.0 Å². The molecule has 8 nitrogen and oxygen atoms in total. The average molecular weight is 499 g/mol. The van der Waals surface area contributed by atoms with Gasteiger partial charge in [0.2, 0.25) is 0 Å². The van der Waals surface area contributed by atoms with Gasteiger partial charge in [-0.05, 0) is 75.0 Å². The lowest BCUT2D eigenvalue weighted by atomic mass is 9.75. The Morgan fingerprint density at radius 3 is 2.14 bits per heavy atom. The number of nitrogens with zero attached hydrogens (tertiary/aromatic N) is 2. The molecule has 0 aliphatic rings. The first-order valence-corrected chi connectivity index (χ1v) is 12.0. The van der Waals surface area contributed by atoms with Crippen molar-refractivity contribution in [1.82, 2.24) is 4.90 Å². The maximum absolute atomic E-state index is 11.8. The molecule has 2 rings (SSSR count). The van der Waals surface area contributed by atoms with Gasteiger partial charge in [0.1, 0.15) is 0 Å². The molecule has 0 aliphatic carbocycles. The summed E-state index contributed by atoms with van der Waals surface area (Å²) in [6, 6.07) is 11.6. The first kappa shape index (κ1) is 28.8. The molecule has 2 atom stereocenters. The Labute approximate surface area is 214 Å². The van der Waals surface area contributed by atoms with Crippen molar-refractivity contribution in [2.75, 3.05) is 42.0 Å². The minimum absolute atomic E-state index is 0.179. The SMILES string of the molecule is CC[C@](C#N)(CCC(C)N(C)CCc1cc(OC)c(OC)cc1C(=O)O)c1ccc(OC)c(OC)c1. The maximum atomic E-state index is 11.8. The lowest BCUT2D eigenvalue weighted by Crippen LogP contribution is -2.34. The van der Waals surface area contributed by atoms with Gasteiger partial charge in [-0.3, -0.25) is 0 Å². The fourth-order valence-corrected chi connectivity index (χ4v) is 4.38. The highest BCUT2D eigenvalue weighted by Gasteiger charge is 2.32. The van der Waals surface area contributed by atoms with Crippen LogP contribution >= 0.6 is 0 Å². The quantitative estimate of drug-likeness (QED) is 0.391. The standard InChI is InChI=1S/C28H38N2O6/c1-8-28(18-29,21-9-10-23(33-4)25(16-21)35-6)13-11-19(2)30(3)14-12-20-15-24(34-5)26(36-7)17-22(20)27(31)32/h9-10,15-17,19H,8,11-14H2,1-7H3,(H,31,32)/t19?,28-/m1/s1. The second-order valence-corrected chi connectivity index (χ2v) is 8.91. The van der Waals surface area contributed by atoms with Crippen LogP contribution in [-0.2, 0) is 11.8 Å². The summed E-state index contributed by atoms with van der Waals surface area (Å²) in [6.45, 7) is 4.80. The zero-order valence-electron chi connectivity index (χ0n) is 22.4. The van der Waals surface area contributed by atoms with Crippen molar-refractivity contribution >= 4 is 5.97 Å². The Kier molecular flexibility index (Phi) is 10.4. The predicted molar refractivity (Wildman–Crippen MR) is 139 cm³/mol. The number of aromatic carboxylic acids is 1. The minimum atomic E-state index is -1.00. The van der Waals surface area contributed by atoms with Crippen LogP contribution in [0.5, 0.6) is 23.0 Å². The van der Waals surface area contributed by atoms with Crippen LogP contribution in [-0.4, -0.2) is 64.0 Å². The fourth-order valence-electron chi connectivity index (χ4n) is 4.38. The highest BCUT2D eigenvalue weighted by molar-refractivity contribution is 5.90. The topological polar surface area (TPSA) is 101 Å². The third kappa shape index (κ3) is 6.41. The van der Waals surface area contributed by atoms with Gasteiger partial charge in [-0.2, -0.15) is 5.26 Å². The number of benzene rings is 2. The van der Waals surface area contributed by atoms with Gasteiger partial charge in [0.25, 0.3) is 0 Å². The summed E-state index contributed by atoms with van der Waals surface area (Å²) in [5, 5.41) is 19.9. The van der Waals surface area contributed by atoms with Crippen LogP contribution in [0.1, 0.15) is 54.6 Å². The first-order chi connectivity index (χ1) is 17.2. The molecule has 0 bridgehead atoms. The van der Waals surface area contributed by atoms with E-state index in [0.717, 1.165) is 12.0 Å². The van der Waals surface area contributed by atoms with Crippen LogP contribution in [0, 0.1) is 11.3 Å². The first-order valence-electron chi connectivity index (χ1n) is 12.0. The molecular formula is C28H38N2O6. The summed E-state index contributed by atoms with van der Waals surface area (Å²) in [4.78, 5) is 14.0. The van der Waals surface area contributed by atoms with Crippen LogP contribution in [0.4, 0.5) is 0 Å². The number of carboxylic acids is 1. The molecule has 36 heavy (non-hydrogen) atoms. The van der Waals surface area contributed by atoms with Gasteiger partial charge < -0.3 is 29.0 Å². The van der Waals surface area contributed by atoms with Crippen LogP contribution in [0.15, 0.2) is 30.3 Å². The number of carboxylic acid groups (broad SMARTS) is 1. The minimum Gasteiger partial charge on any atom is -0.493 e. The maximum Gasteiger partial charge on any atom is 0.336 e. The van der Waals surface area contributed by atoms with E-state index in [1.165, 1.54) is 20.3 Å². The molecule has 0 aliphatic heterocycles. The molecule has 0 spiro atoms. The smallest absolute Gasteiger partial charge is 0.336 e. The zero-order chi connectivity index (χ0) is 26.9. The number of hydrogen-bond acceptors (Lipinski definition) is 7. The van der Waals surface area contributed by atoms with Crippen molar-refractivity contribution in [3.8, 4) is 29.1 Å². The number of rotatable bonds is 14. The van der Waals surface area contributed by atoms with Gasteiger partial charge in [-0.1, -0.05) is 13.0 Å². The van der Waals surface area contributed by atoms with Crippen LogP contribution in [0.2, 0.25) is 0 Å². The fraction of sp³-hybridized carbons (Fsp3) is 0.500. The van der Waals surface area contributed by atoms with Crippen LogP contribution in [0.3, 0.4) is 0 Å². The molecule has 0 saturated carbocycles. The summed E-state index contributed by atoms with van der Waals surface area (Å²) in [5.41, 5.74) is 1.16. The third-order valence-electron chi connectivity index (χ3n) is 7.07. The van der Waals surface area contributed by atoms with Crippen molar-refractivity contribution in [2.45, 2.75) is 51.0 Å². The van der Waals surface area contributed by atoms with E-state index < -0.39 is 11.4 Å². The summed E-state index contributed by atoms with van der Waals surface area (Å²) >= 11 is 0.